The third kappa shape index (κ3) is 4.97. The number of benzene rings is 2. The minimum Gasteiger partial charge on any atom is -0.466 e. The van der Waals surface area contributed by atoms with E-state index in [4.69, 9.17) is 15.2 Å². The SMILES string of the molecule is CCOC(=O)CC(O)C(O)c1ccc(Oc2ccc(N)cc2)cc1. The van der Waals surface area contributed by atoms with Gasteiger partial charge in [-0.3, -0.25) is 4.79 Å². The Hall–Kier alpha value is -2.57. The summed E-state index contributed by atoms with van der Waals surface area (Å²) in [4.78, 5) is 11.3. The molecule has 0 aliphatic rings. The summed E-state index contributed by atoms with van der Waals surface area (Å²) >= 11 is 0. The molecule has 6 nitrogen and oxygen atoms in total. The van der Waals surface area contributed by atoms with Gasteiger partial charge in [0.15, 0.2) is 0 Å². The third-order valence-corrected chi connectivity index (χ3v) is 3.38. The van der Waals surface area contributed by atoms with E-state index < -0.39 is 18.2 Å². The molecule has 2 aromatic carbocycles. The summed E-state index contributed by atoms with van der Waals surface area (Å²) in [6, 6.07) is 13.6. The zero-order valence-electron chi connectivity index (χ0n) is 13.4. The fourth-order valence-electron chi connectivity index (χ4n) is 2.13. The van der Waals surface area contributed by atoms with Gasteiger partial charge < -0.3 is 25.4 Å². The number of hydrogen-bond acceptors (Lipinski definition) is 6. The van der Waals surface area contributed by atoms with Crippen LogP contribution >= 0.6 is 0 Å². The minimum absolute atomic E-state index is 0.235. The van der Waals surface area contributed by atoms with Crippen molar-refractivity contribution in [3.8, 4) is 11.5 Å². The number of esters is 1. The topological polar surface area (TPSA) is 102 Å². The Morgan fingerprint density at radius 2 is 1.58 bits per heavy atom. The molecule has 2 aromatic rings. The normalized spacial score (nSPS) is 13.1. The van der Waals surface area contributed by atoms with Gasteiger partial charge >= 0.3 is 5.97 Å². The summed E-state index contributed by atoms with van der Waals surface area (Å²) in [5, 5.41) is 20.0. The monoisotopic (exact) mass is 331 g/mol. The predicted octanol–water partition coefficient (Wildman–Crippen LogP) is 2.41. The largest absolute Gasteiger partial charge is 0.466 e. The van der Waals surface area contributed by atoms with Gasteiger partial charge in [0, 0.05) is 5.69 Å². The number of nitrogen functional groups attached to an aromatic ring is 1. The first-order chi connectivity index (χ1) is 11.5. The van der Waals surface area contributed by atoms with Gasteiger partial charge in [0.05, 0.1) is 19.1 Å². The Morgan fingerprint density at radius 3 is 2.12 bits per heavy atom. The van der Waals surface area contributed by atoms with E-state index in [0.717, 1.165) is 0 Å². The number of nitrogens with two attached hydrogens (primary N) is 1. The van der Waals surface area contributed by atoms with Gasteiger partial charge in [0.25, 0.3) is 0 Å². The molecule has 0 aliphatic carbocycles. The molecule has 0 aliphatic heterocycles. The van der Waals surface area contributed by atoms with E-state index in [-0.39, 0.29) is 13.0 Å². The highest BCUT2D eigenvalue weighted by Gasteiger charge is 2.22. The van der Waals surface area contributed by atoms with Crippen LogP contribution in [0.1, 0.15) is 25.0 Å². The van der Waals surface area contributed by atoms with Gasteiger partial charge in [0.1, 0.15) is 17.6 Å². The van der Waals surface area contributed by atoms with Gasteiger partial charge in [-0.25, -0.2) is 0 Å². The second kappa shape index (κ2) is 8.33. The maximum Gasteiger partial charge on any atom is 0.308 e. The summed E-state index contributed by atoms with van der Waals surface area (Å²) in [5.74, 6) is 0.669. The van der Waals surface area contributed by atoms with Crippen molar-refractivity contribution in [2.24, 2.45) is 0 Å². The Bertz CT molecular complexity index is 654. The van der Waals surface area contributed by atoms with E-state index in [1.165, 1.54) is 0 Å². The lowest BCUT2D eigenvalue weighted by Crippen LogP contribution is -2.23. The predicted molar refractivity (Wildman–Crippen MR) is 89.6 cm³/mol. The van der Waals surface area contributed by atoms with Crippen molar-refractivity contribution in [3.05, 3.63) is 54.1 Å². The number of ether oxygens (including phenoxy) is 2. The zero-order chi connectivity index (χ0) is 17.5. The average Bonchev–Trinajstić information content (AvgIpc) is 2.57. The van der Waals surface area contributed by atoms with Crippen molar-refractivity contribution in [3.63, 3.8) is 0 Å². The van der Waals surface area contributed by atoms with Crippen molar-refractivity contribution < 1.29 is 24.5 Å². The van der Waals surface area contributed by atoms with Crippen LogP contribution in [0.5, 0.6) is 11.5 Å². The molecular weight excluding hydrogens is 310 g/mol. The Labute approximate surface area is 140 Å². The number of aliphatic hydroxyl groups is 2. The molecule has 2 atom stereocenters. The van der Waals surface area contributed by atoms with Gasteiger partial charge in [0.2, 0.25) is 0 Å². The van der Waals surface area contributed by atoms with E-state index in [1.807, 2.05) is 0 Å². The Kier molecular flexibility index (Phi) is 6.17. The summed E-state index contributed by atoms with van der Waals surface area (Å²) in [7, 11) is 0. The first kappa shape index (κ1) is 17.8. The number of rotatable bonds is 7. The van der Waals surface area contributed by atoms with Gasteiger partial charge in [-0.15, -0.1) is 0 Å². The second-order valence-corrected chi connectivity index (χ2v) is 5.26. The van der Waals surface area contributed by atoms with Crippen LogP contribution in [0.4, 0.5) is 5.69 Å². The highest BCUT2D eigenvalue weighted by molar-refractivity contribution is 5.70. The number of aliphatic hydroxyl groups excluding tert-OH is 2. The first-order valence-corrected chi connectivity index (χ1v) is 7.64. The lowest BCUT2D eigenvalue weighted by Gasteiger charge is -2.17. The highest BCUT2D eigenvalue weighted by atomic mass is 16.5. The van der Waals surface area contributed by atoms with Gasteiger partial charge in [-0.2, -0.15) is 0 Å². The fourth-order valence-corrected chi connectivity index (χ4v) is 2.13. The fraction of sp³-hybridized carbons (Fsp3) is 0.278. The Morgan fingerprint density at radius 1 is 1.04 bits per heavy atom. The smallest absolute Gasteiger partial charge is 0.308 e. The molecule has 0 saturated heterocycles. The van der Waals surface area contributed by atoms with Crippen LogP contribution in [0.3, 0.4) is 0 Å². The molecule has 6 heteroatoms. The molecular formula is C18H21NO5. The van der Waals surface area contributed by atoms with Crippen LogP contribution in [0.2, 0.25) is 0 Å². The van der Waals surface area contributed by atoms with Gasteiger partial charge in [-0.1, -0.05) is 12.1 Å². The molecule has 0 amide bonds. The minimum atomic E-state index is -1.23. The maximum absolute atomic E-state index is 11.3. The zero-order valence-corrected chi connectivity index (χ0v) is 13.4. The van der Waals surface area contributed by atoms with Crippen LogP contribution in [0.15, 0.2) is 48.5 Å². The second-order valence-electron chi connectivity index (χ2n) is 5.26. The number of hydrogen-bond donors (Lipinski definition) is 3. The van der Waals surface area contributed by atoms with E-state index in [0.29, 0.717) is 22.7 Å². The van der Waals surface area contributed by atoms with Crippen molar-refractivity contribution in [2.75, 3.05) is 12.3 Å². The summed E-state index contributed by atoms with van der Waals surface area (Å²) in [6.07, 6.45) is -2.67. The lowest BCUT2D eigenvalue weighted by molar-refractivity contribution is -0.147. The molecule has 0 heterocycles. The molecule has 0 radical (unpaired) electrons. The molecule has 2 rings (SSSR count). The van der Waals surface area contributed by atoms with E-state index >= 15 is 0 Å². The summed E-state index contributed by atoms with van der Waals surface area (Å²) in [6.45, 7) is 1.92. The molecule has 0 aromatic heterocycles. The molecule has 128 valence electrons. The van der Waals surface area contributed by atoms with E-state index in [1.54, 1.807) is 55.5 Å². The Balaban J connectivity index is 1.97. The quantitative estimate of drug-likeness (QED) is 0.532. The van der Waals surface area contributed by atoms with E-state index in [9.17, 15) is 15.0 Å². The number of anilines is 1. The van der Waals surface area contributed by atoms with Crippen LogP contribution in [0.25, 0.3) is 0 Å². The van der Waals surface area contributed by atoms with Crippen molar-refractivity contribution in [1.82, 2.24) is 0 Å². The molecule has 24 heavy (non-hydrogen) atoms. The van der Waals surface area contributed by atoms with Crippen LogP contribution in [-0.4, -0.2) is 28.9 Å². The summed E-state index contributed by atoms with van der Waals surface area (Å²) < 4.78 is 10.4. The molecule has 2 unspecified atom stereocenters. The third-order valence-electron chi connectivity index (χ3n) is 3.38. The highest BCUT2D eigenvalue weighted by Crippen LogP contribution is 2.26. The lowest BCUT2D eigenvalue weighted by atomic mass is 10.0. The van der Waals surface area contributed by atoms with Crippen molar-refractivity contribution in [2.45, 2.75) is 25.6 Å². The maximum atomic E-state index is 11.3. The van der Waals surface area contributed by atoms with Crippen LogP contribution < -0.4 is 10.5 Å². The molecule has 0 fully saturated rings. The first-order valence-electron chi connectivity index (χ1n) is 7.64. The van der Waals surface area contributed by atoms with Crippen LogP contribution in [-0.2, 0) is 9.53 Å². The molecule has 0 spiro atoms. The molecule has 0 bridgehead atoms. The van der Waals surface area contributed by atoms with Crippen LogP contribution in [0, 0.1) is 0 Å². The summed E-state index contributed by atoms with van der Waals surface area (Å²) in [5.41, 5.74) is 6.75. The van der Waals surface area contributed by atoms with Gasteiger partial charge in [-0.05, 0) is 48.9 Å². The standard InChI is InChI=1S/C18H21NO5/c1-2-23-17(21)11-16(20)18(22)12-3-7-14(8-4-12)24-15-9-5-13(19)6-10-15/h3-10,16,18,20,22H,2,11,19H2,1H3. The molecule has 4 N–H and O–H groups in total. The average molecular weight is 331 g/mol. The molecule has 0 saturated carbocycles. The van der Waals surface area contributed by atoms with Crippen molar-refractivity contribution >= 4 is 11.7 Å². The van der Waals surface area contributed by atoms with E-state index in [2.05, 4.69) is 0 Å². The number of carbonyl (C=O) groups is 1. The number of carbonyl (C=O) groups excluding carboxylic acids is 1. The van der Waals surface area contributed by atoms with Crippen molar-refractivity contribution in [1.29, 1.82) is 0 Å².